The van der Waals surface area contributed by atoms with E-state index in [0.717, 1.165) is 5.56 Å². The number of aliphatic hydroxyl groups is 1. The summed E-state index contributed by atoms with van der Waals surface area (Å²) in [5.41, 5.74) is 5.50. The molecule has 2 aromatic carbocycles. The van der Waals surface area contributed by atoms with Crippen LogP contribution < -0.4 is 15.8 Å². The molecule has 1 fully saturated rings. The van der Waals surface area contributed by atoms with E-state index in [1.165, 1.54) is 35.7 Å². The van der Waals surface area contributed by atoms with Gasteiger partial charge in [0.1, 0.15) is 12.5 Å². The van der Waals surface area contributed by atoms with Gasteiger partial charge in [-0.3, -0.25) is 4.79 Å². The molecule has 12 nitrogen and oxygen atoms in total. The van der Waals surface area contributed by atoms with Crippen molar-refractivity contribution in [3.8, 4) is 5.75 Å². The zero-order chi connectivity index (χ0) is 30.8. The third kappa shape index (κ3) is 10.2. The number of carbonyl (C=O) groups is 2. The molecular weight excluding hydrogens is 566 g/mol. The van der Waals surface area contributed by atoms with E-state index in [9.17, 15) is 23.1 Å². The van der Waals surface area contributed by atoms with E-state index in [2.05, 4.69) is 5.32 Å². The van der Waals surface area contributed by atoms with Gasteiger partial charge in [0.25, 0.3) is 0 Å². The van der Waals surface area contributed by atoms with Crippen LogP contribution in [-0.2, 0) is 35.4 Å². The summed E-state index contributed by atoms with van der Waals surface area (Å²) in [6, 6.07) is 14.2. The number of methoxy groups -OCH3 is 1. The number of alkyl carbamates (subject to hydrolysis) is 1. The lowest BCUT2D eigenvalue weighted by Crippen LogP contribution is -2.52. The quantitative estimate of drug-likeness (QED) is 0.275. The second-order valence-corrected chi connectivity index (χ2v) is 12.9. The number of primary amides is 1. The highest BCUT2D eigenvalue weighted by Crippen LogP contribution is 2.28. The number of nitrogens with two attached hydrogens (primary N) is 1. The summed E-state index contributed by atoms with van der Waals surface area (Å²) in [4.78, 5) is 24.3. The Kier molecular flexibility index (Phi) is 12.1. The fraction of sp³-hybridized carbons (Fsp3) is 0.517. The van der Waals surface area contributed by atoms with E-state index in [-0.39, 0.29) is 50.8 Å². The van der Waals surface area contributed by atoms with Gasteiger partial charge >= 0.3 is 6.09 Å². The van der Waals surface area contributed by atoms with Crippen molar-refractivity contribution >= 4 is 22.0 Å². The standard InChI is InChI=1S/C29H41N3O9S/c1-29(2,14-13-27(30)34)19-32(42(36,37)24-11-9-22(38-3)10-12-24)16-26(33)25(15-21-7-5-4-6-8-21)31-28(35)41-23-17-39-20-40-18-23/h4-12,23,25-26,33H,13-20H2,1-3H3,(H2,30,34)(H,31,35)/t25-,26?/m0/s1. The van der Waals surface area contributed by atoms with Crippen molar-refractivity contribution in [1.82, 2.24) is 9.62 Å². The molecule has 13 heteroatoms. The van der Waals surface area contributed by atoms with Crippen LogP contribution in [-0.4, -0.2) is 88.3 Å². The zero-order valence-electron chi connectivity index (χ0n) is 24.2. The Morgan fingerprint density at radius 1 is 1.12 bits per heavy atom. The maximum atomic E-state index is 13.9. The summed E-state index contributed by atoms with van der Waals surface area (Å²) < 4.78 is 49.9. The lowest BCUT2D eigenvalue weighted by atomic mass is 9.87. The monoisotopic (exact) mass is 607 g/mol. The van der Waals surface area contributed by atoms with Crippen molar-refractivity contribution in [2.45, 2.75) is 56.3 Å². The van der Waals surface area contributed by atoms with Crippen LogP contribution in [0.4, 0.5) is 4.79 Å². The van der Waals surface area contributed by atoms with Crippen LogP contribution >= 0.6 is 0 Å². The molecule has 1 aliphatic heterocycles. The number of nitrogens with one attached hydrogen (secondary N) is 1. The Morgan fingerprint density at radius 2 is 1.76 bits per heavy atom. The van der Waals surface area contributed by atoms with E-state index >= 15 is 0 Å². The molecule has 3 rings (SSSR count). The van der Waals surface area contributed by atoms with Gasteiger partial charge in [0.15, 0.2) is 6.10 Å². The van der Waals surface area contributed by atoms with E-state index in [4.69, 9.17) is 24.7 Å². The summed E-state index contributed by atoms with van der Waals surface area (Å²) in [7, 11) is -2.65. The summed E-state index contributed by atoms with van der Waals surface area (Å²) >= 11 is 0. The van der Waals surface area contributed by atoms with E-state index in [1.54, 1.807) is 0 Å². The maximum Gasteiger partial charge on any atom is 0.407 e. The molecular formula is C29H41N3O9S. The lowest BCUT2D eigenvalue weighted by Gasteiger charge is -2.35. The van der Waals surface area contributed by atoms with Gasteiger partial charge < -0.3 is 35.1 Å². The molecule has 0 saturated carbocycles. The molecule has 232 valence electrons. The minimum absolute atomic E-state index is 0.00507. The van der Waals surface area contributed by atoms with Crippen LogP contribution in [0.15, 0.2) is 59.5 Å². The van der Waals surface area contributed by atoms with Crippen molar-refractivity contribution in [2.75, 3.05) is 40.2 Å². The molecule has 0 spiro atoms. The lowest BCUT2D eigenvalue weighted by molar-refractivity contribution is -0.151. The van der Waals surface area contributed by atoms with E-state index < -0.39 is 45.7 Å². The van der Waals surface area contributed by atoms with Crippen LogP contribution in [0.3, 0.4) is 0 Å². The molecule has 1 unspecified atom stereocenters. The molecule has 0 bridgehead atoms. The highest BCUT2D eigenvalue weighted by molar-refractivity contribution is 7.89. The number of rotatable bonds is 15. The number of sulfonamides is 1. The molecule has 2 aromatic rings. The number of benzene rings is 2. The Balaban J connectivity index is 1.87. The molecule has 0 aromatic heterocycles. The smallest absolute Gasteiger partial charge is 0.407 e. The van der Waals surface area contributed by atoms with Gasteiger partial charge in [0.05, 0.1) is 37.4 Å². The number of hydrogen-bond donors (Lipinski definition) is 3. The third-order valence-electron chi connectivity index (χ3n) is 6.85. The minimum Gasteiger partial charge on any atom is -0.497 e. The number of ether oxygens (including phenoxy) is 4. The summed E-state index contributed by atoms with van der Waals surface area (Å²) in [6.45, 7) is 3.74. The van der Waals surface area contributed by atoms with Gasteiger partial charge in [-0.2, -0.15) is 4.31 Å². The predicted octanol–water partition coefficient (Wildman–Crippen LogP) is 2.05. The number of hydrogen-bond acceptors (Lipinski definition) is 9. The second kappa shape index (κ2) is 15.3. The molecule has 0 radical (unpaired) electrons. The Morgan fingerprint density at radius 3 is 2.36 bits per heavy atom. The normalized spacial score (nSPS) is 16.0. The van der Waals surface area contributed by atoms with Gasteiger partial charge in [-0.15, -0.1) is 0 Å². The van der Waals surface area contributed by atoms with Crippen LogP contribution in [0, 0.1) is 5.41 Å². The van der Waals surface area contributed by atoms with Gasteiger partial charge in [0, 0.05) is 19.5 Å². The van der Waals surface area contributed by atoms with E-state index in [1.807, 2.05) is 44.2 Å². The first kappa shape index (κ1) is 33.3. The molecule has 2 amide bonds. The molecule has 4 N–H and O–H groups in total. The first-order chi connectivity index (χ1) is 19.9. The first-order valence-corrected chi connectivity index (χ1v) is 15.1. The van der Waals surface area contributed by atoms with Gasteiger partial charge in [0.2, 0.25) is 15.9 Å². The predicted molar refractivity (Wildman–Crippen MR) is 154 cm³/mol. The summed E-state index contributed by atoms with van der Waals surface area (Å²) in [6.07, 6.45) is -2.14. The SMILES string of the molecule is COc1ccc(S(=O)(=O)N(CC(O)[C@H](Cc2ccccc2)NC(=O)OC2COCOC2)CC(C)(C)CCC(N)=O)cc1. The highest BCUT2D eigenvalue weighted by atomic mass is 32.2. The minimum atomic E-state index is -4.13. The largest absolute Gasteiger partial charge is 0.497 e. The average Bonchev–Trinajstić information content (AvgIpc) is 2.96. The molecule has 2 atom stereocenters. The molecule has 1 heterocycles. The molecule has 1 saturated heterocycles. The maximum absolute atomic E-state index is 13.9. The average molecular weight is 608 g/mol. The van der Waals surface area contributed by atoms with Crippen LogP contribution in [0.1, 0.15) is 32.3 Å². The third-order valence-corrected chi connectivity index (χ3v) is 8.68. The van der Waals surface area contributed by atoms with Crippen LogP contribution in [0.5, 0.6) is 5.75 Å². The number of aliphatic hydroxyl groups excluding tert-OH is 1. The van der Waals surface area contributed by atoms with Gasteiger partial charge in [-0.25, -0.2) is 13.2 Å². The van der Waals surface area contributed by atoms with Crippen LogP contribution in [0.2, 0.25) is 0 Å². The molecule has 1 aliphatic rings. The molecule has 0 aliphatic carbocycles. The highest BCUT2D eigenvalue weighted by Gasteiger charge is 2.35. The zero-order valence-corrected chi connectivity index (χ0v) is 25.0. The number of carbonyl (C=O) groups excluding carboxylic acids is 2. The van der Waals surface area contributed by atoms with Gasteiger partial charge in [-0.05, 0) is 48.1 Å². The number of nitrogens with zero attached hydrogens (tertiary/aromatic N) is 1. The van der Waals surface area contributed by atoms with Crippen molar-refractivity contribution in [3.05, 3.63) is 60.2 Å². The van der Waals surface area contributed by atoms with Crippen molar-refractivity contribution in [3.63, 3.8) is 0 Å². The Hall–Kier alpha value is -3.23. The summed E-state index contributed by atoms with van der Waals surface area (Å²) in [5.74, 6) is -0.00574. The fourth-order valence-corrected chi connectivity index (χ4v) is 6.17. The first-order valence-electron chi connectivity index (χ1n) is 13.7. The van der Waals surface area contributed by atoms with Crippen molar-refractivity contribution in [1.29, 1.82) is 0 Å². The summed E-state index contributed by atoms with van der Waals surface area (Å²) in [5, 5.41) is 14.2. The fourth-order valence-electron chi connectivity index (χ4n) is 4.52. The topological polar surface area (TPSA) is 167 Å². The number of amides is 2. The van der Waals surface area contributed by atoms with Gasteiger partial charge in [-0.1, -0.05) is 44.2 Å². The van der Waals surface area contributed by atoms with Crippen molar-refractivity contribution in [2.24, 2.45) is 11.1 Å². The van der Waals surface area contributed by atoms with E-state index in [0.29, 0.717) is 12.2 Å². The Labute approximate surface area is 247 Å². The Bertz CT molecular complexity index is 1250. The molecule has 42 heavy (non-hydrogen) atoms. The van der Waals surface area contributed by atoms with Crippen LogP contribution in [0.25, 0.3) is 0 Å². The second-order valence-electron chi connectivity index (χ2n) is 11.0. The van der Waals surface area contributed by atoms with Crippen molar-refractivity contribution < 1.29 is 42.1 Å².